The molecule has 0 amide bonds. The van der Waals surface area contributed by atoms with E-state index in [2.05, 4.69) is 30.4 Å². The van der Waals surface area contributed by atoms with Gasteiger partial charge in [-0.25, -0.2) is 18.7 Å². The second kappa shape index (κ2) is 9.52. The minimum Gasteiger partial charge on any atom is -0.364 e. The topological polar surface area (TPSA) is 112 Å². The van der Waals surface area contributed by atoms with Crippen molar-refractivity contribution in [1.82, 2.24) is 35.0 Å². The third kappa shape index (κ3) is 4.46. The molecular formula is C25H22F2N8O2. The van der Waals surface area contributed by atoms with Crippen LogP contribution in [0.4, 0.5) is 14.6 Å². The van der Waals surface area contributed by atoms with E-state index in [-0.39, 0.29) is 30.0 Å². The number of benzene rings is 1. The lowest BCUT2D eigenvalue weighted by Gasteiger charge is -2.34. The van der Waals surface area contributed by atoms with Gasteiger partial charge < -0.3 is 13.9 Å². The Labute approximate surface area is 209 Å². The van der Waals surface area contributed by atoms with Gasteiger partial charge in [-0.3, -0.25) is 4.68 Å². The van der Waals surface area contributed by atoms with Gasteiger partial charge in [-0.2, -0.15) is 10.1 Å². The van der Waals surface area contributed by atoms with Crippen LogP contribution in [0.25, 0.3) is 22.9 Å². The van der Waals surface area contributed by atoms with E-state index < -0.39 is 5.82 Å². The Bertz CT molecular complexity index is 1530. The minimum atomic E-state index is -0.561. The molecule has 0 N–H and O–H groups in total. The summed E-state index contributed by atoms with van der Waals surface area (Å²) in [5.74, 6) is 0.397. The maximum Gasteiger partial charge on any atom is 0.249 e. The number of halogens is 2. The highest BCUT2D eigenvalue weighted by Gasteiger charge is 2.32. The van der Waals surface area contributed by atoms with Crippen LogP contribution in [0.5, 0.6) is 0 Å². The van der Waals surface area contributed by atoms with Gasteiger partial charge in [0, 0.05) is 18.2 Å². The van der Waals surface area contributed by atoms with Gasteiger partial charge in [-0.15, -0.1) is 0 Å². The average molecular weight is 505 g/mol. The Morgan fingerprint density at radius 1 is 1.03 bits per heavy atom. The Morgan fingerprint density at radius 2 is 1.92 bits per heavy atom. The second-order valence-electron chi connectivity index (χ2n) is 8.80. The van der Waals surface area contributed by atoms with Crippen molar-refractivity contribution in [3.63, 3.8) is 0 Å². The lowest BCUT2D eigenvalue weighted by molar-refractivity contribution is 0.319. The second-order valence-corrected chi connectivity index (χ2v) is 8.80. The molecular weight excluding hydrogens is 482 g/mol. The third-order valence-electron chi connectivity index (χ3n) is 6.32. The van der Waals surface area contributed by atoms with E-state index in [1.807, 2.05) is 4.90 Å². The summed E-state index contributed by atoms with van der Waals surface area (Å²) >= 11 is 0. The van der Waals surface area contributed by atoms with Gasteiger partial charge in [0.1, 0.15) is 29.5 Å². The summed E-state index contributed by atoms with van der Waals surface area (Å²) in [5, 5.41) is 12.5. The van der Waals surface area contributed by atoms with Gasteiger partial charge in [0.05, 0.1) is 18.4 Å². The molecule has 1 unspecified atom stereocenters. The maximum atomic E-state index is 15.1. The molecule has 0 saturated carbocycles. The molecule has 1 aliphatic heterocycles. The van der Waals surface area contributed by atoms with Crippen molar-refractivity contribution >= 4 is 5.82 Å². The predicted molar refractivity (Wildman–Crippen MR) is 127 cm³/mol. The summed E-state index contributed by atoms with van der Waals surface area (Å²) in [6.45, 7) is 2.46. The highest BCUT2D eigenvalue weighted by Crippen LogP contribution is 2.35. The number of nitrogens with zero attached hydrogens (tertiary/aromatic N) is 8. The molecule has 0 radical (unpaired) electrons. The van der Waals surface area contributed by atoms with Gasteiger partial charge in [0.15, 0.2) is 23.3 Å². The van der Waals surface area contributed by atoms with E-state index in [1.54, 1.807) is 41.9 Å². The Balaban J connectivity index is 1.39. The molecule has 12 heteroatoms. The quantitative estimate of drug-likeness (QED) is 0.323. The summed E-state index contributed by atoms with van der Waals surface area (Å²) < 4.78 is 41.5. The first-order chi connectivity index (χ1) is 18.1. The summed E-state index contributed by atoms with van der Waals surface area (Å²) in [7, 11) is 0. The number of rotatable bonds is 6. The van der Waals surface area contributed by atoms with E-state index in [0.29, 0.717) is 40.9 Å². The van der Waals surface area contributed by atoms with Crippen LogP contribution in [0.3, 0.4) is 0 Å². The number of piperidine rings is 1. The van der Waals surface area contributed by atoms with Gasteiger partial charge in [0.25, 0.3) is 0 Å². The van der Waals surface area contributed by atoms with E-state index in [0.717, 1.165) is 25.5 Å². The molecule has 6 rings (SSSR count). The molecule has 1 aromatic carbocycles. The number of aromatic nitrogens is 7. The van der Waals surface area contributed by atoms with Crippen molar-refractivity contribution in [2.75, 3.05) is 11.4 Å². The van der Waals surface area contributed by atoms with Crippen LogP contribution >= 0.6 is 0 Å². The number of anilines is 1. The zero-order chi connectivity index (χ0) is 25.4. The molecule has 0 bridgehead atoms. The first kappa shape index (κ1) is 23.0. The summed E-state index contributed by atoms with van der Waals surface area (Å²) in [6.07, 6.45) is 5.12. The Hall–Kier alpha value is -4.48. The van der Waals surface area contributed by atoms with Gasteiger partial charge in [-0.1, -0.05) is 28.5 Å². The predicted octanol–water partition coefficient (Wildman–Crippen LogP) is 4.74. The largest absolute Gasteiger partial charge is 0.364 e. The fraction of sp³-hybridized carbons (Fsp3) is 0.280. The third-order valence-corrected chi connectivity index (χ3v) is 6.32. The van der Waals surface area contributed by atoms with Crippen LogP contribution in [0.1, 0.15) is 42.6 Å². The van der Waals surface area contributed by atoms with Crippen molar-refractivity contribution in [3.05, 3.63) is 77.8 Å². The monoisotopic (exact) mass is 504 g/mol. The molecule has 5 aromatic rings. The lowest BCUT2D eigenvalue weighted by Crippen LogP contribution is -2.35. The van der Waals surface area contributed by atoms with Crippen molar-refractivity contribution in [3.8, 4) is 22.9 Å². The minimum absolute atomic E-state index is 0.136. The number of hydrogen-bond donors (Lipinski definition) is 0. The van der Waals surface area contributed by atoms with Crippen LogP contribution in [0.2, 0.25) is 0 Å². The standard InChI is InChI=1S/C25H22F2N8O2/c1-15-29-25(37-32-15)21-8-4-5-10-34(21)24-18(27)13-28-23(30-24)20-12-22(19-9-11-36-33-19)35(31-20)14-16-6-2-3-7-17(16)26/h2-3,6-7,9,11-13,21H,4-5,8,10,14H2,1H3. The van der Waals surface area contributed by atoms with Crippen LogP contribution in [-0.4, -0.2) is 41.6 Å². The van der Waals surface area contributed by atoms with Crippen LogP contribution < -0.4 is 4.90 Å². The van der Waals surface area contributed by atoms with Gasteiger partial charge in [-0.05, 0) is 38.3 Å². The van der Waals surface area contributed by atoms with Crippen molar-refractivity contribution in [1.29, 1.82) is 0 Å². The Kier molecular flexibility index (Phi) is 5.91. The van der Waals surface area contributed by atoms with E-state index in [1.165, 1.54) is 12.3 Å². The van der Waals surface area contributed by atoms with Gasteiger partial charge >= 0.3 is 0 Å². The molecule has 1 aliphatic rings. The van der Waals surface area contributed by atoms with Gasteiger partial charge in [0.2, 0.25) is 5.89 Å². The van der Waals surface area contributed by atoms with E-state index in [4.69, 9.17) is 9.05 Å². The fourth-order valence-corrected chi connectivity index (χ4v) is 4.56. The van der Waals surface area contributed by atoms with Crippen LogP contribution in [0, 0.1) is 18.6 Å². The normalized spacial score (nSPS) is 15.9. The van der Waals surface area contributed by atoms with Crippen LogP contribution in [0.15, 0.2) is 57.9 Å². The molecule has 1 atom stereocenters. The molecule has 0 aliphatic carbocycles. The molecule has 1 fully saturated rings. The highest BCUT2D eigenvalue weighted by atomic mass is 19.1. The van der Waals surface area contributed by atoms with E-state index in [9.17, 15) is 4.39 Å². The molecule has 1 saturated heterocycles. The Morgan fingerprint density at radius 3 is 2.70 bits per heavy atom. The molecule has 10 nitrogen and oxygen atoms in total. The van der Waals surface area contributed by atoms with Crippen molar-refractivity contribution < 1.29 is 17.8 Å². The molecule has 188 valence electrons. The van der Waals surface area contributed by atoms with E-state index >= 15 is 4.39 Å². The SMILES string of the molecule is Cc1noc(C2CCCCN2c2nc(-c3cc(-c4ccon4)n(Cc4ccccc4F)n3)ncc2F)n1. The highest BCUT2D eigenvalue weighted by molar-refractivity contribution is 5.63. The zero-order valence-corrected chi connectivity index (χ0v) is 19.9. The molecule has 5 heterocycles. The van der Waals surface area contributed by atoms with Crippen LogP contribution in [-0.2, 0) is 6.54 Å². The first-order valence-corrected chi connectivity index (χ1v) is 11.9. The summed E-state index contributed by atoms with van der Waals surface area (Å²) in [6, 6.07) is 9.58. The first-order valence-electron chi connectivity index (χ1n) is 11.9. The lowest BCUT2D eigenvalue weighted by atomic mass is 10.0. The maximum absolute atomic E-state index is 15.1. The fourth-order valence-electron chi connectivity index (χ4n) is 4.56. The smallest absolute Gasteiger partial charge is 0.249 e. The number of hydrogen-bond acceptors (Lipinski definition) is 9. The average Bonchev–Trinajstić information content (AvgIpc) is 3.67. The molecule has 4 aromatic heterocycles. The summed E-state index contributed by atoms with van der Waals surface area (Å²) in [5.41, 5.74) is 1.94. The molecule has 0 spiro atoms. The van der Waals surface area contributed by atoms with Crippen molar-refractivity contribution in [2.24, 2.45) is 0 Å². The van der Waals surface area contributed by atoms with Crippen molar-refractivity contribution in [2.45, 2.75) is 38.8 Å². The number of aryl methyl sites for hydroxylation is 1. The molecule has 37 heavy (non-hydrogen) atoms. The zero-order valence-electron chi connectivity index (χ0n) is 19.9. The summed E-state index contributed by atoms with van der Waals surface area (Å²) in [4.78, 5) is 15.0.